The van der Waals surface area contributed by atoms with E-state index in [-0.39, 0.29) is 23.3 Å². The predicted octanol–water partition coefficient (Wildman–Crippen LogP) is 1.94. The highest BCUT2D eigenvalue weighted by atomic mass is 19.4. The lowest BCUT2D eigenvalue weighted by Gasteiger charge is -2.07. The molecule has 0 amide bonds. The van der Waals surface area contributed by atoms with Crippen LogP contribution in [0, 0.1) is 11.8 Å². The summed E-state index contributed by atoms with van der Waals surface area (Å²) in [5, 5.41) is 7.17. The molecule has 2 aromatic rings. The van der Waals surface area contributed by atoms with E-state index in [9.17, 15) is 13.2 Å². The fraction of sp³-hybridized carbons (Fsp3) is 0.615. The molecule has 0 saturated heterocycles. The van der Waals surface area contributed by atoms with Gasteiger partial charge in [0.2, 0.25) is 11.7 Å². The second kappa shape index (κ2) is 4.31. The maximum absolute atomic E-state index is 13.0. The molecular formula is C13H14F3N5O. The maximum Gasteiger partial charge on any atom is 0.435 e. The number of aromatic nitrogens is 4. The summed E-state index contributed by atoms with van der Waals surface area (Å²) in [4.78, 5) is 4.17. The van der Waals surface area contributed by atoms with Crippen LogP contribution < -0.4 is 5.73 Å². The van der Waals surface area contributed by atoms with Crippen molar-refractivity contribution in [2.75, 3.05) is 0 Å². The first kappa shape index (κ1) is 13.7. The Bertz CT molecular complexity index is 722. The molecule has 0 unspecified atom stereocenters. The quantitative estimate of drug-likeness (QED) is 0.916. The van der Waals surface area contributed by atoms with Gasteiger partial charge in [-0.3, -0.25) is 4.68 Å². The summed E-state index contributed by atoms with van der Waals surface area (Å²) in [5.74, 6) is 1.29. The predicted molar refractivity (Wildman–Crippen MR) is 68.4 cm³/mol. The van der Waals surface area contributed by atoms with Crippen LogP contribution in [0.25, 0.3) is 11.4 Å². The lowest BCUT2D eigenvalue weighted by atomic mass is 10.0. The Morgan fingerprint density at radius 1 is 1.32 bits per heavy atom. The average molecular weight is 313 g/mol. The number of fused-ring (bicyclic) bond motifs is 1. The molecule has 0 radical (unpaired) electrons. The molecule has 2 aliphatic carbocycles. The third-order valence-electron chi connectivity index (χ3n) is 4.58. The van der Waals surface area contributed by atoms with Gasteiger partial charge >= 0.3 is 6.18 Å². The minimum Gasteiger partial charge on any atom is -0.339 e. The van der Waals surface area contributed by atoms with Gasteiger partial charge in [0.05, 0.1) is 5.56 Å². The molecule has 0 aliphatic heterocycles. The summed E-state index contributed by atoms with van der Waals surface area (Å²) in [6, 6.07) is 0.120. The molecule has 2 N–H and O–H groups in total. The summed E-state index contributed by atoms with van der Waals surface area (Å²) in [6.07, 6.45) is -1.53. The van der Waals surface area contributed by atoms with E-state index in [0.717, 1.165) is 17.5 Å². The maximum atomic E-state index is 13.0. The number of halogens is 3. The molecule has 2 aromatic heterocycles. The van der Waals surface area contributed by atoms with Gasteiger partial charge < -0.3 is 10.3 Å². The lowest BCUT2D eigenvalue weighted by molar-refractivity contribution is -0.141. The summed E-state index contributed by atoms with van der Waals surface area (Å²) in [7, 11) is 1.42. The van der Waals surface area contributed by atoms with E-state index < -0.39 is 11.9 Å². The molecule has 0 bridgehead atoms. The van der Waals surface area contributed by atoms with E-state index in [1.54, 1.807) is 0 Å². The van der Waals surface area contributed by atoms with Gasteiger partial charge in [-0.05, 0) is 24.7 Å². The van der Waals surface area contributed by atoms with Crippen molar-refractivity contribution >= 4 is 0 Å². The van der Waals surface area contributed by atoms with Gasteiger partial charge in [-0.2, -0.15) is 23.3 Å². The Balaban J connectivity index is 1.68. The van der Waals surface area contributed by atoms with Gasteiger partial charge in [-0.1, -0.05) is 5.16 Å². The second-order valence-corrected chi connectivity index (χ2v) is 6.09. The van der Waals surface area contributed by atoms with Crippen molar-refractivity contribution in [3.63, 3.8) is 0 Å². The summed E-state index contributed by atoms with van der Waals surface area (Å²) in [5.41, 5.74) is 4.83. The molecular weight excluding hydrogens is 299 g/mol. The van der Waals surface area contributed by atoms with E-state index in [1.165, 1.54) is 13.2 Å². The molecule has 0 aromatic carbocycles. The van der Waals surface area contributed by atoms with Crippen LogP contribution in [-0.4, -0.2) is 26.0 Å². The summed E-state index contributed by atoms with van der Waals surface area (Å²) in [6.45, 7) is 0. The van der Waals surface area contributed by atoms with Crippen LogP contribution in [0.15, 0.2) is 10.7 Å². The lowest BCUT2D eigenvalue weighted by Crippen LogP contribution is -2.19. The molecule has 6 nitrogen and oxygen atoms in total. The normalized spacial score (nSPS) is 30.6. The molecule has 9 heteroatoms. The molecule has 2 saturated carbocycles. The number of rotatable bonds is 2. The van der Waals surface area contributed by atoms with Crippen molar-refractivity contribution in [1.29, 1.82) is 0 Å². The van der Waals surface area contributed by atoms with E-state index >= 15 is 0 Å². The Labute approximate surface area is 123 Å². The number of aryl methyl sites for hydroxylation is 1. The first-order valence-electron chi connectivity index (χ1n) is 7.05. The van der Waals surface area contributed by atoms with Crippen molar-refractivity contribution < 1.29 is 17.7 Å². The SMILES string of the molecule is Cn1cc(-c2noc([C@@H]3C[C@H](N)[C@H]4C[C@H]43)n2)c(C(F)(F)F)n1. The van der Waals surface area contributed by atoms with Crippen LogP contribution in [0.5, 0.6) is 0 Å². The molecule has 22 heavy (non-hydrogen) atoms. The van der Waals surface area contributed by atoms with Gasteiger partial charge in [-0.25, -0.2) is 0 Å². The summed E-state index contributed by atoms with van der Waals surface area (Å²) < 4.78 is 45.3. The van der Waals surface area contributed by atoms with Crippen LogP contribution in [0.3, 0.4) is 0 Å². The number of hydrogen-bond acceptors (Lipinski definition) is 5. The van der Waals surface area contributed by atoms with Gasteiger partial charge in [0.15, 0.2) is 5.69 Å². The third-order valence-corrected chi connectivity index (χ3v) is 4.58. The summed E-state index contributed by atoms with van der Waals surface area (Å²) >= 11 is 0. The zero-order chi connectivity index (χ0) is 15.6. The molecule has 0 spiro atoms. The van der Waals surface area contributed by atoms with Crippen LogP contribution in [0.2, 0.25) is 0 Å². The van der Waals surface area contributed by atoms with Crippen molar-refractivity contribution in [3.8, 4) is 11.4 Å². The topological polar surface area (TPSA) is 82.8 Å². The van der Waals surface area contributed by atoms with E-state index in [4.69, 9.17) is 10.3 Å². The first-order chi connectivity index (χ1) is 10.3. The van der Waals surface area contributed by atoms with Crippen molar-refractivity contribution in [2.24, 2.45) is 24.6 Å². The number of alkyl halides is 3. The number of nitrogens with zero attached hydrogens (tertiary/aromatic N) is 4. The smallest absolute Gasteiger partial charge is 0.339 e. The second-order valence-electron chi connectivity index (χ2n) is 6.09. The number of nitrogens with two attached hydrogens (primary N) is 1. The fourth-order valence-corrected chi connectivity index (χ4v) is 3.47. The zero-order valence-electron chi connectivity index (χ0n) is 11.7. The molecule has 4 atom stereocenters. The first-order valence-corrected chi connectivity index (χ1v) is 7.05. The van der Waals surface area contributed by atoms with Gasteiger partial charge in [0, 0.05) is 25.2 Å². The minimum absolute atomic E-state index is 0.0623. The van der Waals surface area contributed by atoms with E-state index in [1.807, 2.05) is 0 Å². The van der Waals surface area contributed by atoms with Crippen LogP contribution in [0.4, 0.5) is 13.2 Å². The Kier molecular flexibility index (Phi) is 2.69. The third kappa shape index (κ3) is 2.03. The van der Waals surface area contributed by atoms with E-state index in [2.05, 4.69) is 15.2 Å². The molecule has 2 fully saturated rings. The van der Waals surface area contributed by atoms with Gasteiger partial charge in [0.25, 0.3) is 0 Å². The Morgan fingerprint density at radius 3 is 2.68 bits per heavy atom. The minimum atomic E-state index is -4.56. The zero-order valence-corrected chi connectivity index (χ0v) is 11.7. The molecule has 118 valence electrons. The Morgan fingerprint density at radius 2 is 2.09 bits per heavy atom. The number of hydrogen-bond donors (Lipinski definition) is 1. The van der Waals surface area contributed by atoms with Crippen LogP contribution in [-0.2, 0) is 13.2 Å². The highest BCUT2D eigenvalue weighted by Crippen LogP contribution is 2.58. The average Bonchev–Trinajstić information content (AvgIpc) is 2.78. The monoisotopic (exact) mass is 313 g/mol. The van der Waals surface area contributed by atoms with Gasteiger partial charge in [0.1, 0.15) is 0 Å². The van der Waals surface area contributed by atoms with E-state index in [0.29, 0.717) is 17.7 Å². The fourth-order valence-electron chi connectivity index (χ4n) is 3.47. The van der Waals surface area contributed by atoms with Crippen LogP contribution in [0.1, 0.15) is 30.3 Å². The van der Waals surface area contributed by atoms with Crippen LogP contribution >= 0.6 is 0 Å². The molecule has 4 rings (SSSR count). The van der Waals surface area contributed by atoms with Crippen molar-refractivity contribution in [2.45, 2.75) is 31.0 Å². The molecule has 2 heterocycles. The highest BCUT2D eigenvalue weighted by Gasteiger charge is 2.55. The van der Waals surface area contributed by atoms with Gasteiger partial charge in [-0.15, -0.1) is 0 Å². The Hall–Kier alpha value is -1.90. The highest BCUT2D eigenvalue weighted by molar-refractivity contribution is 5.57. The largest absolute Gasteiger partial charge is 0.435 e. The standard InChI is InChI=1S/C13H14F3N5O/c1-21-4-8(10(19-21)13(14,15)16)11-18-12(22-20-11)7-3-9(17)6-2-5(6)7/h4-7,9H,2-3,17H2,1H3/t5-,6+,7-,9+/m1/s1. The van der Waals surface area contributed by atoms with Crippen molar-refractivity contribution in [3.05, 3.63) is 17.8 Å². The van der Waals surface area contributed by atoms with Crippen molar-refractivity contribution in [1.82, 2.24) is 19.9 Å². The molecule has 2 aliphatic rings.